The Bertz CT molecular complexity index is 1270. The van der Waals surface area contributed by atoms with Crippen molar-refractivity contribution in [1.29, 1.82) is 0 Å². The van der Waals surface area contributed by atoms with Crippen LogP contribution in [0.2, 0.25) is 5.02 Å². The first-order valence-corrected chi connectivity index (χ1v) is 11.1. The van der Waals surface area contributed by atoms with Gasteiger partial charge in [-0.15, -0.1) is 0 Å². The maximum Gasteiger partial charge on any atom is 0.277 e. The average molecular weight is 482 g/mol. The number of carbonyl (C=O) groups excluding carboxylic acids is 1. The lowest BCUT2D eigenvalue weighted by molar-refractivity contribution is 0.101. The highest BCUT2D eigenvalue weighted by molar-refractivity contribution is 6.33. The van der Waals surface area contributed by atoms with Gasteiger partial charge in [-0.05, 0) is 46.9 Å². The molecule has 2 heterocycles. The average Bonchev–Trinajstić information content (AvgIpc) is 3.40. The smallest absolute Gasteiger partial charge is 0.277 e. The minimum absolute atomic E-state index is 0.0719. The largest absolute Gasteiger partial charge is 0.471 e. The molecule has 0 saturated carbocycles. The number of hydrogen-bond acceptors (Lipinski definition) is 4. The molecule has 34 heavy (non-hydrogen) atoms. The predicted molar refractivity (Wildman–Crippen MR) is 129 cm³/mol. The summed E-state index contributed by atoms with van der Waals surface area (Å²) in [6.45, 7) is 7.01. The van der Waals surface area contributed by atoms with E-state index < -0.39 is 5.91 Å². The van der Waals surface area contributed by atoms with E-state index in [4.69, 9.17) is 16.3 Å². The Hall–Kier alpha value is -3.65. The van der Waals surface area contributed by atoms with Crippen molar-refractivity contribution in [3.8, 4) is 5.75 Å². The van der Waals surface area contributed by atoms with Crippen molar-refractivity contribution in [3.05, 3.63) is 94.7 Å². The van der Waals surface area contributed by atoms with Crippen LogP contribution in [0.4, 0.5) is 10.2 Å². The number of hydrogen-bond donors (Lipinski definition) is 1. The Labute approximate surface area is 202 Å². The highest BCUT2D eigenvalue weighted by Gasteiger charge is 2.16. The maximum absolute atomic E-state index is 13.1. The molecular weight excluding hydrogens is 457 g/mol. The summed E-state index contributed by atoms with van der Waals surface area (Å²) in [5.74, 6) is 0.187. The zero-order chi connectivity index (χ0) is 24.3. The molecule has 0 spiro atoms. The Morgan fingerprint density at radius 1 is 1.03 bits per heavy atom. The zero-order valence-electron chi connectivity index (χ0n) is 19.1. The highest BCUT2D eigenvalue weighted by Crippen LogP contribution is 2.24. The van der Waals surface area contributed by atoms with Gasteiger partial charge in [0.15, 0.2) is 18.2 Å². The van der Waals surface area contributed by atoms with Crippen LogP contribution in [0, 0.1) is 5.82 Å². The quantitative estimate of drug-likeness (QED) is 0.378. The second kappa shape index (κ2) is 9.69. The minimum Gasteiger partial charge on any atom is -0.471 e. The SMILES string of the molecule is CC(C)(C)c1ccc(OCn2ccc(C(=O)Nc3nn(Cc4ccc(F)cc4)cc3Cl)n2)cc1. The molecule has 0 fully saturated rings. The summed E-state index contributed by atoms with van der Waals surface area (Å²) in [7, 11) is 0. The Kier molecular flexibility index (Phi) is 6.70. The first-order chi connectivity index (χ1) is 16.2. The van der Waals surface area contributed by atoms with E-state index >= 15 is 0 Å². The van der Waals surface area contributed by atoms with Gasteiger partial charge in [0.25, 0.3) is 5.91 Å². The molecular formula is C25H25ClFN5O2. The second-order valence-electron chi connectivity index (χ2n) is 8.89. The topological polar surface area (TPSA) is 74.0 Å². The molecule has 2 aromatic heterocycles. The predicted octanol–water partition coefficient (Wildman–Crippen LogP) is 5.51. The standard InChI is InChI=1S/C25H25ClFN5O2/c1-25(2,3)18-6-10-20(11-7-18)34-16-31-13-12-22(29-31)24(33)28-23-21(26)15-32(30-23)14-17-4-8-19(27)9-5-17/h4-13,15H,14,16H2,1-3H3,(H,28,30,33). The molecule has 0 aliphatic carbocycles. The summed E-state index contributed by atoms with van der Waals surface area (Å²) < 4.78 is 21.9. The number of nitrogens with one attached hydrogen (secondary N) is 1. The molecule has 0 aliphatic heterocycles. The number of aromatic nitrogens is 4. The highest BCUT2D eigenvalue weighted by atomic mass is 35.5. The van der Waals surface area contributed by atoms with Crippen LogP contribution in [-0.4, -0.2) is 25.5 Å². The van der Waals surface area contributed by atoms with E-state index in [1.54, 1.807) is 35.3 Å². The van der Waals surface area contributed by atoms with E-state index in [9.17, 15) is 9.18 Å². The third kappa shape index (κ3) is 5.82. The number of nitrogens with zero attached hydrogens (tertiary/aromatic N) is 4. The molecule has 0 atom stereocenters. The third-order valence-corrected chi connectivity index (χ3v) is 5.44. The molecule has 0 bridgehead atoms. The Morgan fingerprint density at radius 2 is 1.74 bits per heavy atom. The molecule has 2 aromatic carbocycles. The van der Waals surface area contributed by atoms with Crippen LogP contribution in [0.5, 0.6) is 5.75 Å². The van der Waals surface area contributed by atoms with E-state index in [-0.39, 0.29) is 34.5 Å². The fourth-order valence-corrected chi connectivity index (χ4v) is 3.46. The van der Waals surface area contributed by atoms with Crippen molar-refractivity contribution in [2.24, 2.45) is 0 Å². The van der Waals surface area contributed by atoms with Crippen LogP contribution in [0.15, 0.2) is 67.0 Å². The number of rotatable bonds is 7. The van der Waals surface area contributed by atoms with Gasteiger partial charge in [0, 0.05) is 12.4 Å². The summed E-state index contributed by atoms with van der Waals surface area (Å²) in [5, 5.41) is 11.5. The van der Waals surface area contributed by atoms with Gasteiger partial charge >= 0.3 is 0 Å². The number of benzene rings is 2. The third-order valence-electron chi connectivity index (χ3n) is 5.16. The van der Waals surface area contributed by atoms with Crippen LogP contribution in [0.3, 0.4) is 0 Å². The normalized spacial score (nSPS) is 11.4. The first-order valence-electron chi connectivity index (χ1n) is 10.7. The lowest BCUT2D eigenvalue weighted by Crippen LogP contribution is -2.15. The number of amides is 1. The number of carbonyl (C=O) groups is 1. The van der Waals surface area contributed by atoms with Gasteiger partial charge in [-0.2, -0.15) is 10.2 Å². The minimum atomic E-state index is -0.442. The van der Waals surface area contributed by atoms with E-state index in [1.165, 1.54) is 22.4 Å². The molecule has 4 aromatic rings. The Morgan fingerprint density at radius 3 is 2.41 bits per heavy atom. The lowest BCUT2D eigenvalue weighted by Gasteiger charge is -2.19. The van der Waals surface area contributed by atoms with Crippen molar-refractivity contribution < 1.29 is 13.9 Å². The summed E-state index contributed by atoms with van der Waals surface area (Å²) in [5.41, 5.74) is 2.35. The molecule has 0 aliphatic rings. The summed E-state index contributed by atoms with van der Waals surface area (Å²) in [6.07, 6.45) is 3.26. The summed E-state index contributed by atoms with van der Waals surface area (Å²) in [4.78, 5) is 12.6. The molecule has 4 rings (SSSR count). The van der Waals surface area contributed by atoms with Crippen LogP contribution < -0.4 is 10.1 Å². The second-order valence-corrected chi connectivity index (χ2v) is 9.30. The molecule has 0 unspecified atom stereocenters. The van der Waals surface area contributed by atoms with Gasteiger partial charge in [-0.1, -0.05) is 56.6 Å². The monoisotopic (exact) mass is 481 g/mol. The maximum atomic E-state index is 13.1. The van der Waals surface area contributed by atoms with Crippen LogP contribution in [0.25, 0.3) is 0 Å². The van der Waals surface area contributed by atoms with Crippen molar-refractivity contribution >= 4 is 23.3 Å². The van der Waals surface area contributed by atoms with E-state index in [0.29, 0.717) is 12.3 Å². The van der Waals surface area contributed by atoms with Crippen LogP contribution in [-0.2, 0) is 18.7 Å². The molecule has 0 radical (unpaired) electrons. The number of anilines is 1. The van der Waals surface area contributed by atoms with Gasteiger partial charge in [0.2, 0.25) is 0 Å². The molecule has 1 amide bonds. The molecule has 176 valence electrons. The van der Waals surface area contributed by atoms with E-state index in [2.05, 4.69) is 36.3 Å². The molecule has 1 N–H and O–H groups in total. The van der Waals surface area contributed by atoms with Gasteiger partial charge in [-0.3, -0.25) is 9.48 Å². The fourth-order valence-electron chi connectivity index (χ4n) is 3.26. The van der Waals surface area contributed by atoms with Crippen molar-refractivity contribution in [2.45, 2.75) is 39.5 Å². The number of halogens is 2. The van der Waals surface area contributed by atoms with Gasteiger partial charge < -0.3 is 10.1 Å². The van der Waals surface area contributed by atoms with Gasteiger partial charge in [0.1, 0.15) is 16.6 Å². The summed E-state index contributed by atoms with van der Waals surface area (Å²) >= 11 is 6.23. The molecule has 0 saturated heterocycles. The van der Waals surface area contributed by atoms with E-state index in [0.717, 1.165) is 5.56 Å². The number of ether oxygens (including phenoxy) is 1. The molecule has 9 heteroatoms. The zero-order valence-corrected chi connectivity index (χ0v) is 19.9. The van der Waals surface area contributed by atoms with Gasteiger partial charge in [0.05, 0.1) is 6.54 Å². The Balaban J connectivity index is 1.34. The van der Waals surface area contributed by atoms with Crippen LogP contribution >= 0.6 is 11.6 Å². The van der Waals surface area contributed by atoms with Crippen LogP contribution in [0.1, 0.15) is 42.4 Å². The van der Waals surface area contributed by atoms with E-state index in [1.807, 2.05) is 24.3 Å². The fraction of sp³-hybridized carbons (Fsp3) is 0.240. The summed E-state index contributed by atoms with van der Waals surface area (Å²) in [6, 6.07) is 15.6. The molecule has 7 nitrogen and oxygen atoms in total. The van der Waals surface area contributed by atoms with Crippen molar-refractivity contribution in [1.82, 2.24) is 19.6 Å². The van der Waals surface area contributed by atoms with Gasteiger partial charge in [-0.25, -0.2) is 9.07 Å². The lowest BCUT2D eigenvalue weighted by atomic mass is 9.87. The van der Waals surface area contributed by atoms with Crippen molar-refractivity contribution in [2.75, 3.05) is 5.32 Å². The first kappa shape index (κ1) is 23.5. The van der Waals surface area contributed by atoms with Crippen molar-refractivity contribution in [3.63, 3.8) is 0 Å².